The molecule has 2 fully saturated rings. The minimum absolute atomic E-state index is 0.0519. The summed E-state index contributed by atoms with van der Waals surface area (Å²) in [4.78, 5) is 16.9. The van der Waals surface area contributed by atoms with Crippen molar-refractivity contribution in [2.45, 2.75) is 45.3 Å². The van der Waals surface area contributed by atoms with E-state index in [2.05, 4.69) is 4.90 Å². The van der Waals surface area contributed by atoms with Gasteiger partial charge in [0.1, 0.15) is 18.1 Å². The lowest BCUT2D eigenvalue weighted by molar-refractivity contribution is -0.138. The number of carbonyl (C=O) groups is 1. The Morgan fingerprint density at radius 1 is 1.09 bits per heavy atom. The van der Waals surface area contributed by atoms with Crippen molar-refractivity contribution in [2.24, 2.45) is 5.92 Å². The van der Waals surface area contributed by atoms with E-state index < -0.39 is 0 Å². The van der Waals surface area contributed by atoms with E-state index in [1.165, 1.54) is 19.3 Å². The van der Waals surface area contributed by atoms with Crippen molar-refractivity contribution in [1.82, 2.24) is 9.80 Å². The number of hydrogen-bond acceptors (Lipinski definition) is 4. The fourth-order valence-corrected chi connectivity index (χ4v) is 3.55. The number of carbonyl (C=O) groups excluding carboxylic acids is 1. The van der Waals surface area contributed by atoms with Crippen LogP contribution in [0.25, 0.3) is 0 Å². The third-order valence-electron chi connectivity index (χ3n) is 4.89. The molecule has 0 aromatic carbocycles. The van der Waals surface area contributed by atoms with Gasteiger partial charge in [-0.1, -0.05) is 19.3 Å². The van der Waals surface area contributed by atoms with Gasteiger partial charge >= 0.3 is 0 Å². The maximum atomic E-state index is 12.5. The lowest BCUT2D eigenvalue weighted by atomic mass is 9.88. The second-order valence-electron chi connectivity index (χ2n) is 6.46. The number of furan rings is 1. The molecule has 0 bridgehead atoms. The van der Waals surface area contributed by atoms with E-state index in [0.29, 0.717) is 11.7 Å². The van der Waals surface area contributed by atoms with Crippen LogP contribution in [0.15, 0.2) is 16.5 Å². The second-order valence-corrected chi connectivity index (χ2v) is 6.46. The molecule has 1 amide bonds. The van der Waals surface area contributed by atoms with Gasteiger partial charge in [0.05, 0.1) is 6.54 Å². The number of hydrogen-bond donors (Lipinski definition) is 1. The average Bonchev–Trinajstić information content (AvgIpc) is 3.03. The highest BCUT2D eigenvalue weighted by atomic mass is 16.4. The van der Waals surface area contributed by atoms with Crippen molar-refractivity contribution < 1.29 is 14.3 Å². The molecule has 1 aromatic rings. The molecule has 0 spiro atoms. The Morgan fingerprint density at radius 2 is 1.77 bits per heavy atom. The summed E-state index contributed by atoms with van der Waals surface area (Å²) < 4.78 is 5.53. The summed E-state index contributed by atoms with van der Waals surface area (Å²) in [5, 5.41) is 9.02. The van der Waals surface area contributed by atoms with Gasteiger partial charge in [0.25, 0.3) is 0 Å². The van der Waals surface area contributed by atoms with Crippen LogP contribution in [0, 0.1) is 5.92 Å². The Bertz CT molecular complexity index is 486. The Morgan fingerprint density at radius 3 is 2.41 bits per heavy atom. The highest BCUT2D eigenvalue weighted by molar-refractivity contribution is 5.79. The van der Waals surface area contributed by atoms with Gasteiger partial charge in [0.2, 0.25) is 5.91 Å². The zero-order chi connectivity index (χ0) is 15.4. The molecule has 1 aromatic heterocycles. The first-order chi connectivity index (χ1) is 10.8. The van der Waals surface area contributed by atoms with Gasteiger partial charge in [-0.2, -0.15) is 0 Å². The summed E-state index contributed by atoms with van der Waals surface area (Å²) in [5.41, 5.74) is 0. The van der Waals surface area contributed by atoms with Gasteiger partial charge in [-0.05, 0) is 25.0 Å². The highest BCUT2D eigenvalue weighted by Gasteiger charge is 2.28. The predicted molar refractivity (Wildman–Crippen MR) is 83.1 cm³/mol. The van der Waals surface area contributed by atoms with E-state index in [-0.39, 0.29) is 12.5 Å². The molecule has 0 radical (unpaired) electrons. The van der Waals surface area contributed by atoms with E-state index in [0.717, 1.165) is 51.3 Å². The van der Waals surface area contributed by atoms with Crippen LogP contribution in [0.5, 0.6) is 0 Å². The fraction of sp³-hybridized carbons (Fsp3) is 0.706. The van der Waals surface area contributed by atoms with Gasteiger partial charge in [0, 0.05) is 32.1 Å². The third kappa shape index (κ3) is 3.70. The predicted octanol–water partition coefficient (Wildman–Crippen LogP) is 2.00. The maximum absolute atomic E-state index is 12.5. The molecule has 5 nitrogen and oxygen atoms in total. The monoisotopic (exact) mass is 306 g/mol. The SMILES string of the molecule is O=C(C1CCCCC1)N1CCN(Cc2ccc(CO)o2)CC1. The molecular formula is C17H26N2O3. The lowest BCUT2D eigenvalue weighted by Gasteiger charge is -2.36. The smallest absolute Gasteiger partial charge is 0.225 e. The lowest BCUT2D eigenvalue weighted by Crippen LogP contribution is -2.50. The first kappa shape index (κ1) is 15.6. The van der Waals surface area contributed by atoms with E-state index in [1.807, 2.05) is 17.0 Å². The normalized spacial score (nSPS) is 21.2. The fourth-order valence-electron chi connectivity index (χ4n) is 3.55. The van der Waals surface area contributed by atoms with Crippen molar-refractivity contribution >= 4 is 5.91 Å². The van der Waals surface area contributed by atoms with Crippen molar-refractivity contribution in [3.8, 4) is 0 Å². The van der Waals surface area contributed by atoms with Crippen LogP contribution in [-0.4, -0.2) is 47.0 Å². The molecule has 1 saturated carbocycles. The summed E-state index contributed by atoms with van der Waals surface area (Å²) >= 11 is 0. The molecule has 22 heavy (non-hydrogen) atoms. The van der Waals surface area contributed by atoms with Crippen LogP contribution in [0.2, 0.25) is 0 Å². The van der Waals surface area contributed by atoms with E-state index in [1.54, 1.807) is 0 Å². The largest absolute Gasteiger partial charge is 0.462 e. The summed E-state index contributed by atoms with van der Waals surface area (Å²) in [6, 6.07) is 3.74. The van der Waals surface area contributed by atoms with Crippen molar-refractivity contribution in [1.29, 1.82) is 0 Å². The standard InChI is InChI=1S/C17H26N2O3/c20-13-16-7-6-15(22-16)12-18-8-10-19(11-9-18)17(21)14-4-2-1-3-5-14/h6-7,14,20H,1-5,8-13H2. The highest BCUT2D eigenvalue weighted by Crippen LogP contribution is 2.26. The van der Waals surface area contributed by atoms with Crippen LogP contribution in [0.4, 0.5) is 0 Å². The van der Waals surface area contributed by atoms with Crippen LogP contribution in [0.3, 0.4) is 0 Å². The van der Waals surface area contributed by atoms with Crippen molar-refractivity contribution in [2.75, 3.05) is 26.2 Å². The summed E-state index contributed by atoms with van der Waals surface area (Å²) in [7, 11) is 0. The summed E-state index contributed by atoms with van der Waals surface area (Å²) in [6.45, 7) is 4.14. The maximum Gasteiger partial charge on any atom is 0.225 e. The molecule has 3 rings (SSSR count). The van der Waals surface area contributed by atoms with E-state index in [9.17, 15) is 4.79 Å². The van der Waals surface area contributed by atoms with Gasteiger partial charge in [-0.15, -0.1) is 0 Å². The zero-order valence-electron chi connectivity index (χ0n) is 13.2. The second kappa shape index (κ2) is 7.29. The van der Waals surface area contributed by atoms with E-state index >= 15 is 0 Å². The van der Waals surface area contributed by atoms with Gasteiger partial charge in [0.15, 0.2) is 0 Å². The molecule has 2 aliphatic rings. The number of piperazine rings is 1. The zero-order valence-corrected chi connectivity index (χ0v) is 13.2. The van der Waals surface area contributed by atoms with Gasteiger partial charge in [-0.3, -0.25) is 9.69 Å². The number of aliphatic hydroxyl groups excluding tert-OH is 1. The Labute approximate surface area is 131 Å². The molecule has 0 unspecified atom stereocenters. The van der Waals surface area contributed by atoms with Crippen LogP contribution >= 0.6 is 0 Å². The third-order valence-corrected chi connectivity index (χ3v) is 4.89. The Balaban J connectivity index is 1.46. The number of aliphatic hydroxyl groups is 1. The van der Waals surface area contributed by atoms with Crippen molar-refractivity contribution in [3.05, 3.63) is 23.7 Å². The molecule has 5 heteroatoms. The van der Waals surface area contributed by atoms with Gasteiger partial charge < -0.3 is 14.4 Å². The Hall–Kier alpha value is -1.33. The number of amides is 1. The summed E-state index contributed by atoms with van der Waals surface area (Å²) in [6.07, 6.45) is 5.87. The molecule has 0 atom stereocenters. The average molecular weight is 306 g/mol. The first-order valence-corrected chi connectivity index (χ1v) is 8.46. The van der Waals surface area contributed by atoms with Crippen LogP contribution in [0.1, 0.15) is 43.6 Å². The number of rotatable bonds is 4. The molecule has 1 aliphatic heterocycles. The first-order valence-electron chi connectivity index (χ1n) is 8.46. The molecular weight excluding hydrogens is 280 g/mol. The van der Waals surface area contributed by atoms with Crippen LogP contribution < -0.4 is 0 Å². The number of nitrogens with zero attached hydrogens (tertiary/aromatic N) is 2. The van der Waals surface area contributed by atoms with Gasteiger partial charge in [-0.25, -0.2) is 0 Å². The summed E-state index contributed by atoms with van der Waals surface area (Å²) in [5.74, 6) is 2.15. The topological polar surface area (TPSA) is 56.9 Å². The van der Waals surface area contributed by atoms with Crippen molar-refractivity contribution in [3.63, 3.8) is 0 Å². The molecule has 1 saturated heterocycles. The minimum atomic E-state index is -0.0519. The van der Waals surface area contributed by atoms with E-state index in [4.69, 9.17) is 9.52 Å². The minimum Gasteiger partial charge on any atom is -0.462 e. The molecule has 1 aliphatic carbocycles. The Kier molecular flexibility index (Phi) is 5.16. The quantitative estimate of drug-likeness (QED) is 0.924. The molecule has 122 valence electrons. The van der Waals surface area contributed by atoms with Crippen LogP contribution in [-0.2, 0) is 17.9 Å². The molecule has 2 heterocycles. The molecule has 1 N–H and O–H groups in total.